The zero-order valence-electron chi connectivity index (χ0n) is 5.19. The normalized spacial score (nSPS) is 10.6. The first-order valence-corrected chi connectivity index (χ1v) is 3.49. The SMILES string of the molecule is Fc1cncc(C(F)F)c1Br. The quantitative estimate of drug-likeness (QED) is 0.717. The first-order valence-electron chi connectivity index (χ1n) is 2.70. The van der Waals surface area contributed by atoms with Crippen molar-refractivity contribution in [1.82, 2.24) is 4.98 Å². The lowest BCUT2D eigenvalue weighted by molar-refractivity contribution is 0.149. The fraction of sp³-hybridized carbons (Fsp3) is 0.167. The molecule has 0 N–H and O–H groups in total. The predicted molar refractivity (Wildman–Crippen MR) is 36.9 cm³/mol. The van der Waals surface area contributed by atoms with Gasteiger partial charge in [-0.15, -0.1) is 0 Å². The molecular weight excluding hydrogens is 223 g/mol. The van der Waals surface area contributed by atoms with Gasteiger partial charge in [-0.3, -0.25) is 4.98 Å². The molecule has 0 unspecified atom stereocenters. The van der Waals surface area contributed by atoms with Gasteiger partial charge in [-0.1, -0.05) is 0 Å². The number of rotatable bonds is 1. The standard InChI is InChI=1S/C6H3BrF3N/c7-5-3(6(9)10)1-11-2-4(5)8/h1-2,6H. The molecule has 0 aliphatic carbocycles. The first-order chi connectivity index (χ1) is 5.13. The van der Waals surface area contributed by atoms with Crippen molar-refractivity contribution in [2.45, 2.75) is 6.43 Å². The van der Waals surface area contributed by atoms with Gasteiger partial charge in [0.05, 0.1) is 16.2 Å². The molecule has 60 valence electrons. The van der Waals surface area contributed by atoms with Gasteiger partial charge >= 0.3 is 0 Å². The molecule has 1 heterocycles. The van der Waals surface area contributed by atoms with E-state index in [0.29, 0.717) is 0 Å². The highest BCUT2D eigenvalue weighted by molar-refractivity contribution is 9.10. The van der Waals surface area contributed by atoms with E-state index in [4.69, 9.17) is 0 Å². The van der Waals surface area contributed by atoms with Gasteiger partial charge < -0.3 is 0 Å². The molecule has 0 radical (unpaired) electrons. The molecule has 0 spiro atoms. The minimum atomic E-state index is -2.70. The first kappa shape index (κ1) is 8.52. The number of hydrogen-bond donors (Lipinski definition) is 0. The zero-order chi connectivity index (χ0) is 8.43. The highest BCUT2D eigenvalue weighted by Gasteiger charge is 2.14. The average molecular weight is 226 g/mol. The number of halogens is 4. The second-order valence-electron chi connectivity index (χ2n) is 1.83. The predicted octanol–water partition coefficient (Wildman–Crippen LogP) is 2.92. The topological polar surface area (TPSA) is 12.9 Å². The molecule has 1 aromatic heterocycles. The molecule has 0 fully saturated rings. The summed E-state index contributed by atoms with van der Waals surface area (Å²) in [5, 5.41) is 0. The van der Waals surface area contributed by atoms with Crippen LogP contribution >= 0.6 is 15.9 Å². The van der Waals surface area contributed by atoms with E-state index in [1.165, 1.54) is 0 Å². The van der Waals surface area contributed by atoms with E-state index in [1.807, 2.05) is 0 Å². The molecule has 0 bridgehead atoms. The fourth-order valence-electron chi connectivity index (χ4n) is 0.586. The van der Waals surface area contributed by atoms with Crippen molar-refractivity contribution in [2.24, 2.45) is 0 Å². The molecule has 0 saturated carbocycles. The van der Waals surface area contributed by atoms with Crippen LogP contribution in [-0.2, 0) is 0 Å². The Labute approximate surface area is 69.4 Å². The van der Waals surface area contributed by atoms with E-state index >= 15 is 0 Å². The van der Waals surface area contributed by atoms with Crippen LogP contribution in [0.5, 0.6) is 0 Å². The van der Waals surface area contributed by atoms with E-state index in [-0.39, 0.29) is 4.47 Å². The Balaban J connectivity index is 3.17. The van der Waals surface area contributed by atoms with Crippen LogP contribution in [0.3, 0.4) is 0 Å². The molecule has 0 saturated heterocycles. The summed E-state index contributed by atoms with van der Waals surface area (Å²) in [5.74, 6) is -0.775. The van der Waals surface area contributed by atoms with Crippen molar-refractivity contribution in [3.05, 3.63) is 28.2 Å². The van der Waals surface area contributed by atoms with Crippen molar-refractivity contribution in [2.75, 3.05) is 0 Å². The summed E-state index contributed by atoms with van der Waals surface area (Å²) in [6, 6.07) is 0. The van der Waals surface area contributed by atoms with Gasteiger partial charge in [0.25, 0.3) is 6.43 Å². The lowest BCUT2D eigenvalue weighted by atomic mass is 10.3. The van der Waals surface area contributed by atoms with Gasteiger partial charge in [0.2, 0.25) is 0 Å². The largest absolute Gasteiger partial charge is 0.266 e. The van der Waals surface area contributed by atoms with Crippen molar-refractivity contribution in [1.29, 1.82) is 0 Å². The molecule has 0 aromatic carbocycles. The van der Waals surface area contributed by atoms with Crippen LogP contribution in [0.2, 0.25) is 0 Å². The number of hydrogen-bond acceptors (Lipinski definition) is 1. The average Bonchev–Trinajstić information content (AvgIpc) is 1.94. The molecule has 5 heteroatoms. The smallest absolute Gasteiger partial charge is 0.261 e. The maximum atomic E-state index is 12.5. The maximum Gasteiger partial charge on any atom is 0.266 e. The molecular formula is C6H3BrF3N. The summed E-state index contributed by atoms with van der Waals surface area (Å²) in [7, 11) is 0. The van der Waals surface area contributed by atoms with Crippen LogP contribution in [-0.4, -0.2) is 4.98 Å². The lowest BCUT2D eigenvalue weighted by Crippen LogP contribution is -1.91. The van der Waals surface area contributed by atoms with Crippen molar-refractivity contribution < 1.29 is 13.2 Å². The minimum Gasteiger partial charge on any atom is -0.261 e. The summed E-state index contributed by atoms with van der Waals surface area (Å²) in [6.45, 7) is 0. The third-order valence-electron chi connectivity index (χ3n) is 1.10. The summed E-state index contributed by atoms with van der Waals surface area (Å²) in [5.41, 5.74) is -0.426. The molecule has 0 atom stereocenters. The van der Waals surface area contributed by atoms with Crippen LogP contribution in [0, 0.1) is 5.82 Å². The summed E-state index contributed by atoms with van der Waals surface area (Å²) >= 11 is 2.69. The van der Waals surface area contributed by atoms with Gasteiger partial charge in [0, 0.05) is 6.20 Å². The molecule has 1 nitrogen and oxygen atoms in total. The minimum absolute atomic E-state index is 0.220. The highest BCUT2D eigenvalue weighted by Crippen LogP contribution is 2.27. The van der Waals surface area contributed by atoms with E-state index < -0.39 is 17.8 Å². The van der Waals surface area contributed by atoms with Gasteiger partial charge in [0.15, 0.2) is 5.82 Å². The van der Waals surface area contributed by atoms with Crippen molar-refractivity contribution in [3.8, 4) is 0 Å². The van der Waals surface area contributed by atoms with Gasteiger partial charge in [-0.05, 0) is 15.9 Å². The second-order valence-corrected chi connectivity index (χ2v) is 2.62. The number of aromatic nitrogens is 1. The number of alkyl halides is 2. The Hall–Kier alpha value is -0.580. The Bertz CT molecular complexity index is 264. The van der Waals surface area contributed by atoms with E-state index in [0.717, 1.165) is 12.4 Å². The third-order valence-corrected chi connectivity index (χ3v) is 1.94. The highest BCUT2D eigenvalue weighted by atomic mass is 79.9. The Kier molecular flexibility index (Phi) is 2.49. The molecule has 0 aliphatic rings. The fourth-order valence-corrected chi connectivity index (χ4v) is 0.964. The van der Waals surface area contributed by atoms with Gasteiger partial charge in [0.1, 0.15) is 0 Å². The van der Waals surface area contributed by atoms with E-state index in [2.05, 4.69) is 20.9 Å². The van der Waals surface area contributed by atoms with Crippen LogP contribution in [0.25, 0.3) is 0 Å². The van der Waals surface area contributed by atoms with Crippen LogP contribution in [0.15, 0.2) is 16.9 Å². The van der Waals surface area contributed by atoms with E-state index in [1.54, 1.807) is 0 Å². The maximum absolute atomic E-state index is 12.5. The number of pyridine rings is 1. The molecule has 1 aromatic rings. The van der Waals surface area contributed by atoms with Crippen molar-refractivity contribution >= 4 is 15.9 Å². The van der Waals surface area contributed by atoms with Crippen LogP contribution in [0.1, 0.15) is 12.0 Å². The molecule has 1 rings (SSSR count). The Morgan fingerprint density at radius 3 is 2.45 bits per heavy atom. The Morgan fingerprint density at radius 2 is 2.00 bits per heavy atom. The zero-order valence-corrected chi connectivity index (χ0v) is 6.78. The molecule has 11 heavy (non-hydrogen) atoms. The summed E-state index contributed by atoms with van der Waals surface area (Å²) in [4.78, 5) is 3.28. The summed E-state index contributed by atoms with van der Waals surface area (Å²) < 4.78 is 36.2. The van der Waals surface area contributed by atoms with Crippen LogP contribution in [0.4, 0.5) is 13.2 Å². The third kappa shape index (κ3) is 1.71. The van der Waals surface area contributed by atoms with Crippen molar-refractivity contribution in [3.63, 3.8) is 0 Å². The lowest BCUT2D eigenvalue weighted by Gasteiger charge is -2.01. The molecule has 0 amide bonds. The van der Waals surface area contributed by atoms with Gasteiger partial charge in [-0.25, -0.2) is 13.2 Å². The van der Waals surface area contributed by atoms with Gasteiger partial charge in [-0.2, -0.15) is 0 Å². The van der Waals surface area contributed by atoms with E-state index in [9.17, 15) is 13.2 Å². The number of nitrogens with zero attached hydrogens (tertiary/aromatic N) is 1. The molecule has 0 aliphatic heterocycles. The second kappa shape index (κ2) is 3.21. The Morgan fingerprint density at radius 1 is 1.36 bits per heavy atom. The summed E-state index contributed by atoms with van der Waals surface area (Å²) in [6.07, 6.45) is -0.902. The monoisotopic (exact) mass is 225 g/mol. The van der Waals surface area contributed by atoms with Crippen LogP contribution < -0.4 is 0 Å².